The highest BCUT2D eigenvalue weighted by molar-refractivity contribution is 5.19. The summed E-state index contributed by atoms with van der Waals surface area (Å²) in [4.78, 5) is 0. The van der Waals surface area contributed by atoms with E-state index in [0.29, 0.717) is 18.0 Å². The number of halogens is 2. The summed E-state index contributed by atoms with van der Waals surface area (Å²) in [5.41, 5.74) is 0.615. The Hall–Kier alpha value is -0.960. The zero-order valence-corrected chi connectivity index (χ0v) is 12.3. The molecule has 0 aromatic heterocycles. The van der Waals surface area contributed by atoms with Gasteiger partial charge in [-0.25, -0.2) is 8.78 Å². The molecule has 1 fully saturated rings. The molecular formula is C17H25F2N. The zero-order chi connectivity index (χ0) is 14.4. The zero-order valence-electron chi connectivity index (χ0n) is 12.3. The molecule has 1 aromatic carbocycles. The molecule has 0 radical (unpaired) electrons. The smallest absolute Gasteiger partial charge is 0.129 e. The van der Waals surface area contributed by atoms with Crippen molar-refractivity contribution in [2.75, 3.05) is 6.54 Å². The van der Waals surface area contributed by atoms with Gasteiger partial charge >= 0.3 is 0 Å². The third kappa shape index (κ3) is 4.55. The molecule has 0 spiro atoms. The second kappa shape index (κ2) is 7.72. The van der Waals surface area contributed by atoms with Crippen molar-refractivity contribution in [2.24, 2.45) is 5.92 Å². The molecule has 0 bridgehead atoms. The van der Waals surface area contributed by atoms with Gasteiger partial charge in [0, 0.05) is 12.1 Å². The highest BCUT2D eigenvalue weighted by Gasteiger charge is 2.18. The Kier molecular flexibility index (Phi) is 5.96. The molecule has 1 aliphatic carbocycles. The van der Waals surface area contributed by atoms with Crippen LogP contribution in [0, 0.1) is 17.6 Å². The Bertz CT molecular complexity index is 413. The van der Waals surface area contributed by atoms with Gasteiger partial charge in [-0.1, -0.05) is 38.7 Å². The first kappa shape index (κ1) is 15.4. The Morgan fingerprint density at radius 3 is 2.65 bits per heavy atom. The highest BCUT2D eigenvalue weighted by atomic mass is 19.1. The topological polar surface area (TPSA) is 12.0 Å². The van der Waals surface area contributed by atoms with E-state index in [9.17, 15) is 8.78 Å². The normalized spacial score (nSPS) is 17.6. The summed E-state index contributed by atoms with van der Waals surface area (Å²) in [6.45, 7) is 2.96. The molecule has 1 N–H and O–H groups in total. The van der Waals surface area contributed by atoms with Crippen molar-refractivity contribution in [3.8, 4) is 0 Å². The van der Waals surface area contributed by atoms with Gasteiger partial charge in [-0.3, -0.25) is 0 Å². The van der Waals surface area contributed by atoms with Crippen LogP contribution in [0.25, 0.3) is 0 Å². The molecule has 3 heteroatoms. The minimum absolute atomic E-state index is 0.292. The van der Waals surface area contributed by atoms with Crippen molar-refractivity contribution in [3.05, 3.63) is 35.4 Å². The lowest BCUT2D eigenvalue weighted by atomic mass is 9.95. The van der Waals surface area contributed by atoms with Crippen LogP contribution in [0.2, 0.25) is 0 Å². The average Bonchev–Trinajstić information content (AvgIpc) is 2.92. The second-order valence-electron chi connectivity index (χ2n) is 5.92. The van der Waals surface area contributed by atoms with E-state index in [4.69, 9.17) is 0 Å². The predicted octanol–water partition coefficient (Wildman–Crippen LogP) is 4.46. The number of rotatable bonds is 7. The van der Waals surface area contributed by atoms with Crippen molar-refractivity contribution in [1.82, 2.24) is 5.32 Å². The van der Waals surface area contributed by atoms with Gasteiger partial charge in [0.05, 0.1) is 0 Å². The molecule has 0 aliphatic heterocycles. The maximum Gasteiger partial charge on any atom is 0.129 e. The van der Waals surface area contributed by atoms with E-state index in [1.807, 2.05) is 0 Å². The fraction of sp³-hybridized carbons (Fsp3) is 0.647. The van der Waals surface area contributed by atoms with Crippen LogP contribution < -0.4 is 5.32 Å². The summed E-state index contributed by atoms with van der Waals surface area (Å²) in [6.07, 6.45) is 8.38. The molecule has 1 nitrogen and oxygen atoms in total. The second-order valence-corrected chi connectivity index (χ2v) is 5.92. The van der Waals surface area contributed by atoms with Gasteiger partial charge in [0.15, 0.2) is 0 Å². The quantitative estimate of drug-likeness (QED) is 0.778. The summed E-state index contributed by atoms with van der Waals surface area (Å²) in [5, 5.41) is 3.44. The molecule has 1 aromatic rings. The van der Waals surface area contributed by atoms with Crippen molar-refractivity contribution < 1.29 is 8.78 Å². The van der Waals surface area contributed by atoms with E-state index < -0.39 is 11.6 Å². The lowest BCUT2D eigenvalue weighted by Crippen LogP contribution is -2.31. The molecule has 0 saturated heterocycles. The third-order valence-corrected chi connectivity index (χ3v) is 4.37. The van der Waals surface area contributed by atoms with Gasteiger partial charge in [0.2, 0.25) is 0 Å². The van der Waals surface area contributed by atoms with Crippen LogP contribution in [-0.2, 0) is 6.42 Å². The lowest BCUT2D eigenvalue weighted by molar-refractivity contribution is 0.404. The fourth-order valence-corrected chi connectivity index (χ4v) is 3.25. The summed E-state index contributed by atoms with van der Waals surface area (Å²) in [7, 11) is 0. The number of likely N-dealkylation sites (N-methyl/N-ethyl adjacent to an activating group) is 1. The predicted molar refractivity (Wildman–Crippen MR) is 78.7 cm³/mol. The van der Waals surface area contributed by atoms with Gasteiger partial charge in [0.25, 0.3) is 0 Å². The van der Waals surface area contributed by atoms with Crippen molar-refractivity contribution in [1.29, 1.82) is 0 Å². The fourth-order valence-electron chi connectivity index (χ4n) is 3.25. The lowest BCUT2D eigenvalue weighted by Gasteiger charge is -2.20. The van der Waals surface area contributed by atoms with Crippen LogP contribution in [0.3, 0.4) is 0 Å². The van der Waals surface area contributed by atoms with Crippen LogP contribution in [-0.4, -0.2) is 12.6 Å². The van der Waals surface area contributed by atoms with Gasteiger partial charge < -0.3 is 5.32 Å². The van der Waals surface area contributed by atoms with Gasteiger partial charge in [-0.05, 0) is 43.4 Å². The third-order valence-electron chi connectivity index (χ3n) is 4.37. The molecule has 1 unspecified atom stereocenters. The molecule has 0 amide bonds. The average molecular weight is 281 g/mol. The molecule has 1 atom stereocenters. The molecular weight excluding hydrogens is 256 g/mol. The van der Waals surface area contributed by atoms with Gasteiger partial charge in [-0.15, -0.1) is 0 Å². The molecule has 20 heavy (non-hydrogen) atoms. The van der Waals surface area contributed by atoms with E-state index in [1.165, 1.54) is 38.2 Å². The van der Waals surface area contributed by atoms with Crippen LogP contribution in [0.4, 0.5) is 8.78 Å². The summed E-state index contributed by atoms with van der Waals surface area (Å²) in [6, 6.07) is 4.19. The van der Waals surface area contributed by atoms with E-state index >= 15 is 0 Å². The van der Waals surface area contributed by atoms with Gasteiger partial charge in [-0.2, -0.15) is 0 Å². The number of benzene rings is 1. The van der Waals surface area contributed by atoms with Crippen LogP contribution in [0.5, 0.6) is 0 Å². The summed E-state index contributed by atoms with van der Waals surface area (Å²) >= 11 is 0. The van der Waals surface area contributed by atoms with Crippen LogP contribution >= 0.6 is 0 Å². The number of nitrogens with one attached hydrogen (secondary N) is 1. The first-order valence-electron chi connectivity index (χ1n) is 7.86. The van der Waals surface area contributed by atoms with Crippen molar-refractivity contribution in [2.45, 2.75) is 57.9 Å². The monoisotopic (exact) mass is 281 g/mol. The van der Waals surface area contributed by atoms with Crippen LogP contribution in [0.1, 0.15) is 51.0 Å². The molecule has 1 aliphatic rings. The number of hydrogen-bond donors (Lipinski definition) is 1. The van der Waals surface area contributed by atoms with Crippen molar-refractivity contribution in [3.63, 3.8) is 0 Å². The minimum atomic E-state index is -0.503. The Morgan fingerprint density at radius 2 is 2.00 bits per heavy atom. The molecule has 1 saturated carbocycles. The first-order chi connectivity index (χ1) is 9.69. The highest BCUT2D eigenvalue weighted by Crippen LogP contribution is 2.29. The van der Waals surface area contributed by atoms with E-state index in [1.54, 1.807) is 6.07 Å². The van der Waals surface area contributed by atoms with Crippen LogP contribution in [0.15, 0.2) is 18.2 Å². The van der Waals surface area contributed by atoms with Crippen molar-refractivity contribution >= 4 is 0 Å². The number of hydrogen-bond acceptors (Lipinski definition) is 1. The maximum atomic E-state index is 13.7. The molecule has 0 heterocycles. The standard InChI is InChI=1S/C17H25F2N/c1-2-20-16(10-7-13-5-3-4-6-13)11-14-8-9-15(18)12-17(14)19/h8-9,12-13,16,20H,2-7,10-11H2,1H3. The Morgan fingerprint density at radius 1 is 1.25 bits per heavy atom. The minimum Gasteiger partial charge on any atom is -0.314 e. The SMILES string of the molecule is CCNC(CCC1CCCC1)Cc1ccc(F)cc1F. The Balaban J connectivity index is 1.90. The molecule has 2 rings (SSSR count). The van der Waals surface area contributed by atoms with Gasteiger partial charge in [0.1, 0.15) is 11.6 Å². The Labute approximate surface area is 120 Å². The van der Waals surface area contributed by atoms with E-state index in [-0.39, 0.29) is 0 Å². The summed E-state index contributed by atoms with van der Waals surface area (Å²) < 4.78 is 26.7. The molecule has 112 valence electrons. The maximum absolute atomic E-state index is 13.7. The van der Waals surface area contributed by atoms with E-state index in [0.717, 1.165) is 24.9 Å². The first-order valence-corrected chi connectivity index (χ1v) is 7.86. The van der Waals surface area contributed by atoms with E-state index in [2.05, 4.69) is 12.2 Å². The largest absolute Gasteiger partial charge is 0.314 e. The summed E-state index contributed by atoms with van der Waals surface area (Å²) in [5.74, 6) is -0.0693.